The van der Waals surface area contributed by atoms with Crippen molar-refractivity contribution in [2.45, 2.75) is 6.92 Å². The first kappa shape index (κ1) is 17.1. The minimum absolute atomic E-state index is 0.0798. The summed E-state index contributed by atoms with van der Waals surface area (Å²) in [5, 5.41) is 0. The van der Waals surface area contributed by atoms with Crippen molar-refractivity contribution in [2.75, 3.05) is 7.11 Å². The molecule has 0 unspecified atom stereocenters. The zero-order valence-corrected chi connectivity index (χ0v) is 13.1. The number of aldehydes is 1. The summed E-state index contributed by atoms with van der Waals surface area (Å²) >= 11 is 0. The molecule has 6 heteroatoms. The van der Waals surface area contributed by atoms with Gasteiger partial charge in [-0.1, -0.05) is 24.3 Å². The third-order valence-electron chi connectivity index (χ3n) is 3.52. The molecule has 0 heterocycles. The largest absolute Gasteiger partial charge is 0.465 e. The predicted octanol–water partition coefficient (Wildman–Crippen LogP) is 2.57. The maximum absolute atomic E-state index is 11.8. The predicted molar refractivity (Wildman–Crippen MR) is 84.8 cm³/mol. The van der Waals surface area contributed by atoms with Crippen LogP contribution >= 0.6 is 0 Å². The molecule has 0 saturated carbocycles. The van der Waals surface area contributed by atoms with Crippen molar-refractivity contribution in [3.05, 3.63) is 58.7 Å². The minimum atomic E-state index is -0.736. The Kier molecular flexibility index (Phi) is 5.21. The molecule has 2 rings (SSSR count). The molecule has 0 fully saturated rings. The summed E-state index contributed by atoms with van der Waals surface area (Å²) < 4.78 is 9.01. The standard InChI is InChI=1S/C18H14O6/c1-11-7-12(5-6-15(11)18(22)24-10-20)13-3-4-14(9-19)16(8-13)17(21)23-2/h3-10H,1-2H3. The highest BCUT2D eigenvalue weighted by Crippen LogP contribution is 2.25. The first-order chi connectivity index (χ1) is 11.5. The van der Waals surface area contributed by atoms with Gasteiger partial charge in [0.25, 0.3) is 0 Å². The number of rotatable bonds is 5. The molecule has 122 valence electrons. The molecule has 0 aliphatic heterocycles. The van der Waals surface area contributed by atoms with Gasteiger partial charge in [-0.2, -0.15) is 0 Å². The van der Waals surface area contributed by atoms with E-state index in [9.17, 15) is 19.2 Å². The van der Waals surface area contributed by atoms with Crippen LogP contribution in [0.2, 0.25) is 0 Å². The van der Waals surface area contributed by atoms with Crippen LogP contribution in [0, 0.1) is 6.92 Å². The highest BCUT2D eigenvalue weighted by molar-refractivity contribution is 6.00. The number of carbonyl (C=O) groups excluding carboxylic acids is 4. The molecule has 0 aliphatic carbocycles. The zero-order valence-electron chi connectivity index (χ0n) is 13.1. The maximum atomic E-state index is 11.8. The van der Waals surface area contributed by atoms with Gasteiger partial charge in [0.15, 0.2) is 6.29 Å². The lowest BCUT2D eigenvalue weighted by Gasteiger charge is -2.09. The first-order valence-corrected chi connectivity index (χ1v) is 6.95. The van der Waals surface area contributed by atoms with E-state index in [0.717, 1.165) is 5.56 Å². The Morgan fingerprint density at radius 1 is 0.917 bits per heavy atom. The molecule has 0 amide bonds. The van der Waals surface area contributed by atoms with E-state index in [1.165, 1.54) is 19.2 Å². The second-order valence-electron chi connectivity index (χ2n) is 4.94. The third kappa shape index (κ3) is 3.38. The summed E-state index contributed by atoms with van der Waals surface area (Å²) in [5.41, 5.74) is 2.68. The van der Waals surface area contributed by atoms with E-state index in [4.69, 9.17) is 0 Å². The van der Waals surface area contributed by atoms with Crippen molar-refractivity contribution in [3.63, 3.8) is 0 Å². The van der Waals surface area contributed by atoms with E-state index in [-0.39, 0.29) is 23.2 Å². The number of aryl methyl sites for hydroxylation is 1. The zero-order chi connectivity index (χ0) is 17.7. The Labute approximate surface area is 138 Å². The number of esters is 2. The molecule has 2 aromatic carbocycles. The molecule has 6 nitrogen and oxygen atoms in total. The van der Waals surface area contributed by atoms with E-state index in [1.54, 1.807) is 31.2 Å². The van der Waals surface area contributed by atoms with Crippen molar-refractivity contribution in [1.29, 1.82) is 0 Å². The van der Waals surface area contributed by atoms with E-state index in [2.05, 4.69) is 9.47 Å². The van der Waals surface area contributed by atoms with Gasteiger partial charge in [-0.3, -0.25) is 9.59 Å². The van der Waals surface area contributed by atoms with Crippen LogP contribution in [0.15, 0.2) is 36.4 Å². The molecule has 0 aromatic heterocycles. The van der Waals surface area contributed by atoms with Crippen molar-refractivity contribution < 1.29 is 28.7 Å². The molecular formula is C18H14O6. The van der Waals surface area contributed by atoms with Gasteiger partial charge in [0.2, 0.25) is 0 Å². The molecule has 0 N–H and O–H groups in total. The number of methoxy groups -OCH3 is 1. The van der Waals surface area contributed by atoms with Gasteiger partial charge in [0.05, 0.1) is 18.2 Å². The van der Waals surface area contributed by atoms with Gasteiger partial charge < -0.3 is 9.47 Å². The molecule has 0 radical (unpaired) electrons. The molecular weight excluding hydrogens is 312 g/mol. The van der Waals surface area contributed by atoms with Gasteiger partial charge in [0.1, 0.15) is 0 Å². The second kappa shape index (κ2) is 7.32. The Balaban J connectivity index is 2.47. The monoisotopic (exact) mass is 326 g/mol. The fourth-order valence-corrected chi connectivity index (χ4v) is 2.30. The Morgan fingerprint density at radius 2 is 1.58 bits per heavy atom. The average molecular weight is 326 g/mol. The number of hydrogen-bond acceptors (Lipinski definition) is 6. The number of hydrogen-bond donors (Lipinski definition) is 0. The molecule has 0 atom stereocenters. The van der Waals surface area contributed by atoms with Gasteiger partial charge in [0, 0.05) is 5.56 Å². The fraction of sp³-hybridized carbons (Fsp3) is 0.111. The third-order valence-corrected chi connectivity index (χ3v) is 3.52. The Hall–Kier alpha value is -3.28. The van der Waals surface area contributed by atoms with Crippen LogP contribution in [0.5, 0.6) is 0 Å². The lowest BCUT2D eigenvalue weighted by atomic mass is 9.96. The topological polar surface area (TPSA) is 86.7 Å². The highest BCUT2D eigenvalue weighted by atomic mass is 16.6. The molecule has 0 spiro atoms. The molecule has 0 bridgehead atoms. The van der Waals surface area contributed by atoms with Crippen LogP contribution in [0.4, 0.5) is 0 Å². The van der Waals surface area contributed by atoms with E-state index >= 15 is 0 Å². The minimum Gasteiger partial charge on any atom is -0.465 e. The Bertz CT molecular complexity index is 822. The van der Waals surface area contributed by atoms with Gasteiger partial charge in [-0.15, -0.1) is 0 Å². The SMILES string of the molecule is COC(=O)c1cc(-c2ccc(C(=O)OC=O)c(C)c2)ccc1C=O. The maximum Gasteiger partial charge on any atom is 0.345 e. The van der Waals surface area contributed by atoms with E-state index in [0.29, 0.717) is 17.4 Å². The van der Waals surface area contributed by atoms with Gasteiger partial charge >= 0.3 is 18.4 Å². The van der Waals surface area contributed by atoms with Crippen LogP contribution < -0.4 is 0 Å². The lowest BCUT2D eigenvalue weighted by Crippen LogP contribution is -2.06. The second-order valence-corrected chi connectivity index (χ2v) is 4.94. The first-order valence-electron chi connectivity index (χ1n) is 6.95. The smallest absolute Gasteiger partial charge is 0.345 e. The number of carbonyl (C=O) groups is 4. The number of benzene rings is 2. The van der Waals surface area contributed by atoms with E-state index in [1.807, 2.05) is 0 Å². The molecule has 2 aromatic rings. The summed E-state index contributed by atoms with van der Waals surface area (Å²) in [5.74, 6) is -1.34. The molecule has 24 heavy (non-hydrogen) atoms. The summed E-state index contributed by atoms with van der Waals surface area (Å²) in [6.07, 6.45) is 0.583. The van der Waals surface area contributed by atoms with Crippen LogP contribution in [0.1, 0.15) is 36.6 Å². The fourth-order valence-electron chi connectivity index (χ4n) is 2.30. The van der Waals surface area contributed by atoms with Crippen LogP contribution in [-0.2, 0) is 14.3 Å². The molecule has 0 saturated heterocycles. The van der Waals surface area contributed by atoms with Crippen molar-refractivity contribution >= 4 is 24.7 Å². The number of ether oxygens (including phenoxy) is 2. The normalized spacial score (nSPS) is 9.92. The summed E-state index contributed by atoms with van der Waals surface area (Å²) in [7, 11) is 1.24. The van der Waals surface area contributed by atoms with Crippen molar-refractivity contribution in [1.82, 2.24) is 0 Å². The van der Waals surface area contributed by atoms with Crippen molar-refractivity contribution in [3.8, 4) is 11.1 Å². The van der Waals surface area contributed by atoms with E-state index < -0.39 is 11.9 Å². The Morgan fingerprint density at radius 3 is 2.17 bits per heavy atom. The molecule has 0 aliphatic rings. The van der Waals surface area contributed by atoms with Gasteiger partial charge in [-0.25, -0.2) is 9.59 Å². The van der Waals surface area contributed by atoms with Crippen LogP contribution in [0.25, 0.3) is 11.1 Å². The van der Waals surface area contributed by atoms with Crippen molar-refractivity contribution in [2.24, 2.45) is 0 Å². The summed E-state index contributed by atoms with van der Waals surface area (Å²) in [6, 6.07) is 9.67. The van der Waals surface area contributed by atoms with Crippen LogP contribution in [-0.4, -0.2) is 31.8 Å². The average Bonchev–Trinajstić information content (AvgIpc) is 2.60. The van der Waals surface area contributed by atoms with Gasteiger partial charge in [-0.05, 0) is 35.7 Å². The lowest BCUT2D eigenvalue weighted by molar-refractivity contribution is -0.123. The summed E-state index contributed by atoms with van der Waals surface area (Å²) in [6.45, 7) is 1.78. The van der Waals surface area contributed by atoms with Crippen LogP contribution in [0.3, 0.4) is 0 Å². The summed E-state index contributed by atoms with van der Waals surface area (Å²) in [4.78, 5) is 44.7. The quantitative estimate of drug-likeness (QED) is 0.477. The highest BCUT2D eigenvalue weighted by Gasteiger charge is 2.15.